The van der Waals surface area contributed by atoms with Gasteiger partial charge in [-0.05, 0) is 36.4 Å². The fourth-order valence-corrected chi connectivity index (χ4v) is 2.49. The molecule has 1 unspecified atom stereocenters. The number of rotatable bonds is 3. The molecule has 1 fully saturated rings. The van der Waals surface area contributed by atoms with E-state index in [1.54, 1.807) is 36.4 Å². The Labute approximate surface area is 130 Å². The minimum absolute atomic E-state index is 0.0593. The maximum Gasteiger partial charge on any atom is 0.275 e. The quantitative estimate of drug-likeness (QED) is 0.802. The van der Waals surface area contributed by atoms with Crippen LogP contribution in [-0.4, -0.2) is 17.9 Å². The molecule has 0 saturated carbocycles. The Bertz CT molecular complexity index is 670. The minimum Gasteiger partial charge on any atom is -0.480 e. The van der Waals surface area contributed by atoms with Crippen molar-refractivity contribution >= 4 is 33.4 Å². The summed E-state index contributed by atoms with van der Waals surface area (Å²) in [7, 11) is 0. The van der Waals surface area contributed by atoms with Crippen molar-refractivity contribution in [2.75, 3.05) is 4.90 Å². The van der Waals surface area contributed by atoms with Crippen LogP contribution >= 0.6 is 15.9 Å². The molecule has 0 aromatic heterocycles. The van der Waals surface area contributed by atoms with E-state index >= 15 is 0 Å². The number of carbonyl (C=O) groups is 2. The number of nitrogens with zero attached hydrogens (tertiary/aromatic N) is 1. The van der Waals surface area contributed by atoms with E-state index in [0.717, 1.165) is 4.47 Å². The molecule has 106 valence electrons. The monoisotopic (exact) mass is 345 g/mol. The van der Waals surface area contributed by atoms with Gasteiger partial charge < -0.3 is 4.74 Å². The van der Waals surface area contributed by atoms with Crippen LogP contribution in [0.3, 0.4) is 0 Å². The zero-order valence-corrected chi connectivity index (χ0v) is 12.6. The number of hydrogen-bond donors (Lipinski definition) is 0. The third-order valence-corrected chi connectivity index (χ3v) is 3.74. The van der Waals surface area contributed by atoms with Crippen LogP contribution in [0.5, 0.6) is 5.75 Å². The molecule has 1 aliphatic heterocycles. The highest BCUT2D eigenvalue weighted by molar-refractivity contribution is 9.10. The van der Waals surface area contributed by atoms with Gasteiger partial charge in [0.2, 0.25) is 5.91 Å². The molecule has 5 heteroatoms. The maximum absolute atomic E-state index is 12.4. The lowest BCUT2D eigenvalue weighted by atomic mass is 10.3. The first-order valence-corrected chi connectivity index (χ1v) is 7.28. The molecule has 1 saturated heterocycles. The number of ether oxygens (including phenoxy) is 1. The van der Waals surface area contributed by atoms with Gasteiger partial charge in [0.1, 0.15) is 5.75 Å². The van der Waals surface area contributed by atoms with Gasteiger partial charge in [0, 0.05) is 4.47 Å². The molecule has 2 aromatic carbocycles. The lowest BCUT2D eigenvalue weighted by Crippen LogP contribution is -2.33. The highest BCUT2D eigenvalue weighted by Crippen LogP contribution is 2.26. The summed E-state index contributed by atoms with van der Waals surface area (Å²) in [6.45, 7) is 0. The molecule has 0 spiro atoms. The van der Waals surface area contributed by atoms with E-state index in [1.807, 2.05) is 18.2 Å². The van der Waals surface area contributed by atoms with Gasteiger partial charge in [-0.3, -0.25) is 9.59 Å². The number of benzene rings is 2. The third-order valence-electron chi connectivity index (χ3n) is 3.21. The Morgan fingerprint density at radius 3 is 2.33 bits per heavy atom. The van der Waals surface area contributed by atoms with Crippen LogP contribution in [0.4, 0.5) is 5.69 Å². The molecule has 0 aliphatic carbocycles. The van der Waals surface area contributed by atoms with Crippen LogP contribution in [-0.2, 0) is 9.59 Å². The van der Waals surface area contributed by atoms with Crippen LogP contribution in [0.1, 0.15) is 6.42 Å². The Balaban J connectivity index is 1.79. The maximum atomic E-state index is 12.4. The first-order valence-electron chi connectivity index (χ1n) is 6.49. The number of imide groups is 1. The van der Waals surface area contributed by atoms with Crippen molar-refractivity contribution in [2.45, 2.75) is 12.5 Å². The van der Waals surface area contributed by atoms with Gasteiger partial charge in [-0.2, -0.15) is 0 Å². The van der Waals surface area contributed by atoms with Gasteiger partial charge in [0.15, 0.2) is 6.10 Å². The minimum atomic E-state index is -0.765. The number of amides is 2. The van der Waals surface area contributed by atoms with Crippen molar-refractivity contribution in [3.05, 3.63) is 59.1 Å². The van der Waals surface area contributed by atoms with Crippen LogP contribution in [0.15, 0.2) is 59.1 Å². The predicted molar refractivity (Wildman–Crippen MR) is 82.1 cm³/mol. The molecule has 2 amide bonds. The number of carbonyl (C=O) groups excluding carboxylic acids is 2. The van der Waals surface area contributed by atoms with E-state index in [0.29, 0.717) is 11.4 Å². The largest absolute Gasteiger partial charge is 0.480 e. The van der Waals surface area contributed by atoms with Crippen molar-refractivity contribution < 1.29 is 14.3 Å². The summed E-state index contributed by atoms with van der Waals surface area (Å²) in [5.74, 6) is 0.00157. The van der Waals surface area contributed by atoms with E-state index in [4.69, 9.17) is 4.74 Å². The van der Waals surface area contributed by atoms with E-state index in [-0.39, 0.29) is 18.2 Å². The van der Waals surface area contributed by atoms with Gasteiger partial charge in [0.25, 0.3) is 5.91 Å². The van der Waals surface area contributed by atoms with Gasteiger partial charge in [0.05, 0.1) is 12.1 Å². The summed E-state index contributed by atoms with van der Waals surface area (Å²) in [6, 6.07) is 16.1. The van der Waals surface area contributed by atoms with Crippen LogP contribution in [0, 0.1) is 0 Å². The van der Waals surface area contributed by atoms with E-state index in [1.165, 1.54) is 4.90 Å². The number of hydrogen-bond acceptors (Lipinski definition) is 3. The second-order valence-corrected chi connectivity index (χ2v) is 5.58. The molecular formula is C16H12BrNO3. The van der Waals surface area contributed by atoms with Crippen molar-refractivity contribution in [2.24, 2.45) is 0 Å². The molecule has 1 aliphatic rings. The molecule has 0 radical (unpaired) electrons. The second-order valence-electron chi connectivity index (χ2n) is 4.67. The Morgan fingerprint density at radius 1 is 1.00 bits per heavy atom. The van der Waals surface area contributed by atoms with Crippen molar-refractivity contribution in [3.8, 4) is 5.75 Å². The fraction of sp³-hybridized carbons (Fsp3) is 0.125. The normalized spacial score (nSPS) is 18.1. The topological polar surface area (TPSA) is 46.6 Å². The number of halogens is 1. The summed E-state index contributed by atoms with van der Waals surface area (Å²) in [6.07, 6.45) is -0.706. The van der Waals surface area contributed by atoms with Gasteiger partial charge >= 0.3 is 0 Å². The van der Waals surface area contributed by atoms with Crippen molar-refractivity contribution in [1.29, 1.82) is 0 Å². The molecule has 0 N–H and O–H groups in total. The number of para-hydroxylation sites is 1. The van der Waals surface area contributed by atoms with Gasteiger partial charge in [-0.25, -0.2) is 4.90 Å². The summed E-state index contributed by atoms with van der Waals surface area (Å²) in [5, 5.41) is 0. The fourth-order valence-electron chi connectivity index (χ4n) is 2.22. The first-order chi connectivity index (χ1) is 10.1. The van der Waals surface area contributed by atoms with Crippen molar-refractivity contribution in [1.82, 2.24) is 0 Å². The van der Waals surface area contributed by atoms with E-state index < -0.39 is 6.10 Å². The van der Waals surface area contributed by atoms with E-state index in [9.17, 15) is 9.59 Å². The van der Waals surface area contributed by atoms with Gasteiger partial charge in [-0.1, -0.05) is 34.1 Å². The Morgan fingerprint density at radius 2 is 1.67 bits per heavy atom. The molecule has 2 aromatic rings. The molecule has 1 heterocycles. The summed E-state index contributed by atoms with van der Waals surface area (Å²) < 4.78 is 6.56. The molecule has 1 atom stereocenters. The summed E-state index contributed by atoms with van der Waals surface area (Å²) >= 11 is 3.33. The Kier molecular flexibility index (Phi) is 3.75. The highest BCUT2D eigenvalue weighted by atomic mass is 79.9. The average Bonchev–Trinajstić information content (AvgIpc) is 2.77. The molecule has 0 bridgehead atoms. The van der Waals surface area contributed by atoms with Crippen molar-refractivity contribution in [3.63, 3.8) is 0 Å². The highest BCUT2D eigenvalue weighted by Gasteiger charge is 2.41. The first kappa shape index (κ1) is 13.8. The lowest BCUT2D eigenvalue weighted by molar-refractivity contribution is -0.123. The summed E-state index contributed by atoms with van der Waals surface area (Å²) in [4.78, 5) is 25.6. The average molecular weight is 346 g/mol. The zero-order valence-electron chi connectivity index (χ0n) is 11.0. The predicted octanol–water partition coefficient (Wildman–Crippen LogP) is 3.16. The standard InChI is InChI=1S/C16H12BrNO3/c17-11-6-8-13(9-7-11)21-14-10-15(19)18(16(14)20)12-4-2-1-3-5-12/h1-9,14H,10H2. The molecule has 21 heavy (non-hydrogen) atoms. The second kappa shape index (κ2) is 5.69. The Hall–Kier alpha value is -2.14. The molecule has 4 nitrogen and oxygen atoms in total. The third kappa shape index (κ3) is 2.83. The van der Waals surface area contributed by atoms with Gasteiger partial charge in [-0.15, -0.1) is 0 Å². The summed E-state index contributed by atoms with van der Waals surface area (Å²) in [5.41, 5.74) is 0.578. The molecular weight excluding hydrogens is 334 g/mol. The van der Waals surface area contributed by atoms with Crippen LogP contribution in [0.2, 0.25) is 0 Å². The zero-order chi connectivity index (χ0) is 14.8. The SMILES string of the molecule is O=C1CC(Oc2ccc(Br)cc2)C(=O)N1c1ccccc1. The van der Waals surface area contributed by atoms with Crippen LogP contribution in [0.25, 0.3) is 0 Å². The number of anilines is 1. The smallest absolute Gasteiger partial charge is 0.275 e. The van der Waals surface area contributed by atoms with E-state index in [2.05, 4.69) is 15.9 Å². The van der Waals surface area contributed by atoms with Crippen LogP contribution < -0.4 is 9.64 Å². The molecule has 3 rings (SSSR count). The lowest BCUT2D eigenvalue weighted by Gasteiger charge is -2.15.